The van der Waals surface area contributed by atoms with E-state index in [-0.39, 0.29) is 0 Å². The second-order valence-electron chi connectivity index (χ2n) is 8.05. The van der Waals surface area contributed by atoms with Crippen molar-refractivity contribution in [1.82, 2.24) is 19.7 Å². The van der Waals surface area contributed by atoms with Crippen molar-refractivity contribution in [3.63, 3.8) is 0 Å². The molecule has 2 aliphatic heterocycles. The van der Waals surface area contributed by atoms with Crippen LogP contribution >= 0.6 is 0 Å². The van der Waals surface area contributed by atoms with Crippen molar-refractivity contribution in [3.05, 3.63) is 30.5 Å². The van der Waals surface area contributed by atoms with E-state index in [1.54, 1.807) is 7.11 Å². The smallest absolute Gasteiger partial charge is 0.229 e. The largest absolute Gasteiger partial charge is 0.495 e. The third-order valence-corrected chi connectivity index (χ3v) is 6.20. The fourth-order valence-corrected chi connectivity index (χ4v) is 4.52. The highest BCUT2D eigenvalue weighted by atomic mass is 16.5. The van der Waals surface area contributed by atoms with Gasteiger partial charge in [0.25, 0.3) is 0 Å². The SMILES string of the molecule is COc1ccccc1N1CCN(c2nc(N3CCCCC3)c3cnn(C)c3n2)CC1. The maximum Gasteiger partial charge on any atom is 0.229 e. The zero-order chi connectivity index (χ0) is 20.5. The summed E-state index contributed by atoms with van der Waals surface area (Å²) in [4.78, 5) is 17.0. The van der Waals surface area contributed by atoms with Crippen LogP contribution in [0.5, 0.6) is 5.75 Å². The van der Waals surface area contributed by atoms with E-state index < -0.39 is 0 Å². The molecule has 0 N–H and O–H groups in total. The quantitative estimate of drug-likeness (QED) is 0.659. The summed E-state index contributed by atoms with van der Waals surface area (Å²) in [7, 11) is 3.69. The van der Waals surface area contributed by atoms with Crippen molar-refractivity contribution in [3.8, 4) is 5.75 Å². The summed E-state index contributed by atoms with van der Waals surface area (Å²) in [6, 6.07) is 8.22. The van der Waals surface area contributed by atoms with Gasteiger partial charge in [-0.25, -0.2) is 0 Å². The maximum atomic E-state index is 5.55. The van der Waals surface area contributed by atoms with Crippen molar-refractivity contribution >= 4 is 28.5 Å². The first kappa shape index (κ1) is 19.0. The molecule has 1 aromatic carbocycles. The van der Waals surface area contributed by atoms with E-state index in [2.05, 4.69) is 31.9 Å². The van der Waals surface area contributed by atoms with E-state index in [0.29, 0.717) is 0 Å². The van der Waals surface area contributed by atoms with Crippen LogP contribution in [0.3, 0.4) is 0 Å². The molecule has 2 fully saturated rings. The second kappa shape index (κ2) is 8.01. The van der Waals surface area contributed by atoms with Gasteiger partial charge in [-0.2, -0.15) is 15.1 Å². The highest BCUT2D eigenvalue weighted by molar-refractivity contribution is 5.88. The van der Waals surface area contributed by atoms with E-state index in [4.69, 9.17) is 14.7 Å². The van der Waals surface area contributed by atoms with Gasteiger partial charge in [-0.05, 0) is 31.4 Å². The molecule has 0 bridgehead atoms. The van der Waals surface area contributed by atoms with Crippen molar-refractivity contribution in [2.45, 2.75) is 19.3 Å². The average Bonchev–Trinajstić information content (AvgIpc) is 3.20. The van der Waals surface area contributed by atoms with Crippen LogP contribution in [0.1, 0.15) is 19.3 Å². The molecule has 0 radical (unpaired) electrons. The Hall–Kier alpha value is -3.03. The molecule has 8 nitrogen and oxygen atoms in total. The minimum absolute atomic E-state index is 0.811. The highest BCUT2D eigenvalue weighted by Crippen LogP contribution is 2.31. The molecule has 0 atom stereocenters. The number of fused-ring (bicyclic) bond motifs is 1. The number of ether oxygens (including phenoxy) is 1. The summed E-state index contributed by atoms with van der Waals surface area (Å²) < 4.78 is 7.41. The lowest BCUT2D eigenvalue weighted by Gasteiger charge is -2.37. The highest BCUT2D eigenvalue weighted by Gasteiger charge is 2.25. The number of piperidine rings is 1. The molecule has 5 rings (SSSR count). The number of hydrogen-bond donors (Lipinski definition) is 0. The van der Waals surface area contributed by atoms with Crippen molar-refractivity contribution in [2.75, 3.05) is 61.1 Å². The fraction of sp³-hybridized carbons (Fsp3) is 0.500. The van der Waals surface area contributed by atoms with Gasteiger partial charge in [0.05, 0.1) is 24.4 Å². The molecular weight excluding hydrogens is 378 g/mol. The minimum atomic E-state index is 0.811. The molecule has 4 heterocycles. The molecule has 3 aromatic rings. The van der Waals surface area contributed by atoms with Gasteiger partial charge >= 0.3 is 0 Å². The first-order valence-electron chi connectivity index (χ1n) is 10.8. The van der Waals surface area contributed by atoms with Crippen LogP contribution in [0.25, 0.3) is 11.0 Å². The van der Waals surface area contributed by atoms with Crippen LogP contribution < -0.4 is 19.4 Å². The van der Waals surface area contributed by atoms with Gasteiger partial charge in [0.15, 0.2) is 5.65 Å². The number of aromatic nitrogens is 4. The predicted octanol–water partition coefficient (Wildman–Crippen LogP) is 2.69. The van der Waals surface area contributed by atoms with Crippen LogP contribution in [0.15, 0.2) is 30.5 Å². The number of piperazine rings is 1. The molecule has 30 heavy (non-hydrogen) atoms. The molecule has 158 valence electrons. The summed E-state index contributed by atoms with van der Waals surface area (Å²) >= 11 is 0. The summed E-state index contributed by atoms with van der Waals surface area (Å²) in [5.74, 6) is 2.77. The van der Waals surface area contributed by atoms with Gasteiger partial charge in [-0.3, -0.25) is 4.68 Å². The Morgan fingerprint density at radius 2 is 1.57 bits per heavy atom. The van der Waals surface area contributed by atoms with Crippen molar-refractivity contribution < 1.29 is 4.74 Å². The zero-order valence-electron chi connectivity index (χ0n) is 17.8. The summed E-state index contributed by atoms with van der Waals surface area (Å²) in [5.41, 5.74) is 2.06. The Morgan fingerprint density at radius 3 is 2.33 bits per heavy atom. The molecule has 0 spiro atoms. The third kappa shape index (κ3) is 3.40. The zero-order valence-corrected chi connectivity index (χ0v) is 17.8. The number of para-hydroxylation sites is 2. The number of hydrogen-bond acceptors (Lipinski definition) is 7. The molecule has 8 heteroatoms. The molecule has 0 amide bonds. The molecule has 0 aliphatic carbocycles. The van der Waals surface area contributed by atoms with Crippen LogP contribution in [0.4, 0.5) is 17.5 Å². The van der Waals surface area contributed by atoms with E-state index in [1.165, 1.54) is 19.3 Å². The van der Waals surface area contributed by atoms with Gasteiger partial charge < -0.3 is 19.4 Å². The van der Waals surface area contributed by atoms with Gasteiger partial charge in [0.2, 0.25) is 5.95 Å². The normalized spacial score (nSPS) is 17.6. The van der Waals surface area contributed by atoms with Gasteiger partial charge in [-0.1, -0.05) is 12.1 Å². The fourth-order valence-electron chi connectivity index (χ4n) is 4.52. The van der Waals surface area contributed by atoms with E-state index in [9.17, 15) is 0 Å². The van der Waals surface area contributed by atoms with Crippen LogP contribution in [0.2, 0.25) is 0 Å². The minimum Gasteiger partial charge on any atom is -0.495 e. The Bertz CT molecular complexity index is 1020. The molecule has 2 aromatic heterocycles. The number of aryl methyl sites for hydroxylation is 1. The lowest BCUT2D eigenvalue weighted by molar-refractivity contribution is 0.413. The second-order valence-corrected chi connectivity index (χ2v) is 8.05. The first-order chi connectivity index (χ1) is 14.7. The number of anilines is 3. The predicted molar refractivity (Wildman–Crippen MR) is 120 cm³/mol. The molecule has 2 aliphatic rings. The Kier molecular flexibility index (Phi) is 5.06. The van der Waals surface area contributed by atoms with E-state index >= 15 is 0 Å². The topological polar surface area (TPSA) is 62.6 Å². The Morgan fingerprint density at radius 1 is 0.833 bits per heavy atom. The standard InChI is InChI=1S/C22H29N7O/c1-26-20-17(16-23-26)21(28-10-6-3-7-11-28)25-22(24-20)29-14-12-27(13-15-29)18-8-4-5-9-19(18)30-2/h4-5,8-9,16H,3,6-7,10-15H2,1-2H3. The van der Waals surface area contributed by atoms with Crippen molar-refractivity contribution in [1.29, 1.82) is 0 Å². The Balaban J connectivity index is 1.41. The third-order valence-electron chi connectivity index (χ3n) is 6.20. The van der Waals surface area contributed by atoms with Crippen molar-refractivity contribution in [2.24, 2.45) is 7.05 Å². The van der Waals surface area contributed by atoms with Crippen LogP contribution in [0, 0.1) is 0 Å². The van der Waals surface area contributed by atoms with Crippen LogP contribution in [-0.2, 0) is 7.05 Å². The molecular formula is C22H29N7O. The van der Waals surface area contributed by atoms with Crippen LogP contribution in [-0.4, -0.2) is 66.1 Å². The number of rotatable bonds is 4. The molecule has 0 saturated carbocycles. The number of nitrogens with zero attached hydrogens (tertiary/aromatic N) is 7. The summed E-state index contributed by atoms with van der Waals surface area (Å²) in [5, 5.41) is 5.51. The van der Waals surface area contributed by atoms with Gasteiger partial charge in [0, 0.05) is 46.3 Å². The van der Waals surface area contributed by atoms with Gasteiger partial charge in [-0.15, -0.1) is 0 Å². The average molecular weight is 408 g/mol. The molecule has 2 saturated heterocycles. The maximum absolute atomic E-state index is 5.55. The molecule has 0 unspecified atom stereocenters. The van der Waals surface area contributed by atoms with Gasteiger partial charge in [0.1, 0.15) is 11.6 Å². The summed E-state index contributed by atoms with van der Waals surface area (Å²) in [6.07, 6.45) is 5.65. The first-order valence-corrected chi connectivity index (χ1v) is 10.8. The Labute approximate surface area is 177 Å². The number of methoxy groups -OCH3 is 1. The lowest BCUT2D eigenvalue weighted by atomic mass is 10.1. The number of benzene rings is 1. The summed E-state index contributed by atoms with van der Waals surface area (Å²) in [6.45, 7) is 5.68. The van der Waals surface area contributed by atoms with E-state index in [0.717, 1.165) is 73.5 Å². The van der Waals surface area contributed by atoms with E-state index in [1.807, 2.05) is 30.1 Å². The lowest BCUT2D eigenvalue weighted by Crippen LogP contribution is -2.47. The monoisotopic (exact) mass is 407 g/mol.